The van der Waals surface area contributed by atoms with Crippen LogP contribution < -0.4 is 9.47 Å². The topological polar surface area (TPSA) is 57.1 Å². The van der Waals surface area contributed by atoms with Gasteiger partial charge in [-0.3, -0.25) is 0 Å². The summed E-state index contributed by atoms with van der Waals surface area (Å²) in [5, 5.41) is 0. The molecule has 0 aliphatic carbocycles. The van der Waals surface area contributed by atoms with Crippen LogP contribution in [0.1, 0.15) is 15.9 Å². The van der Waals surface area contributed by atoms with E-state index in [1.54, 1.807) is 43.5 Å². The Morgan fingerprint density at radius 3 is 2.32 bits per heavy atom. The summed E-state index contributed by atoms with van der Waals surface area (Å²) in [7, 11) is 1.58. The minimum atomic E-state index is -0.412. The molecule has 0 spiro atoms. The third-order valence-electron chi connectivity index (χ3n) is 3.22. The molecular weight excluding hydrogens is 282 g/mol. The molecule has 5 nitrogen and oxygen atoms in total. The molecule has 0 atom stereocenters. The number of nitrogens with zero attached hydrogens (tertiary/aromatic N) is 1. The second kappa shape index (κ2) is 6.30. The Morgan fingerprint density at radius 1 is 1.05 bits per heavy atom. The predicted molar refractivity (Wildman–Crippen MR) is 81.8 cm³/mol. The van der Waals surface area contributed by atoms with Crippen molar-refractivity contribution in [3.05, 3.63) is 59.7 Å². The van der Waals surface area contributed by atoms with Crippen LogP contribution in [0.15, 0.2) is 53.5 Å². The summed E-state index contributed by atoms with van der Waals surface area (Å²) in [6, 6.07) is 13.8. The molecule has 2 aromatic carbocycles. The average Bonchev–Trinajstić information content (AvgIpc) is 3.10. The van der Waals surface area contributed by atoms with Crippen LogP contribution in [0, 0.1) is 0 Å². The maximum atomic E-state index is 12.0. The van der Waals surface area contributed by atoms with Gasteiger partial charge in [-0.1, -0.05) is 0 Å². The van der Waals surface area contributed by atoms with Gasteiger partial charge in [0.25, 0.3) is 0 Å². The summed E-state index contributed by atoms with van der Waals surface area (Å²) in [6.45, 7) is 1.30. The molecule has 0 unspecified atom stereocenters. The van der Waals surface area contributed by atoms with Gasteiger partial charge < -0.3 is 14.2 Å². The zero-order valence-electron chi connectivity index (χ0n) is 12.1. The van der Waals surface area contributed by atoms with Crippen molar-refractivity contribution in [1.82, 2.24) is 0 Å². The van der Waals surface area contributed by atoms with Crippen LogP contribution in [0.2, 0.25) is 0 Å². The van der Waals surface area contributed by atoms with Gasteiger partial charge in [0.1, 0.15) is 18.1 Å². The van der Waals surface area contributed by atoms with Gasteiger partial charge in [0.2, 0.25) is 5.90 Å². The first-order chi connectivity index (χ1) is 10.8. The van der Waals surface area contributed by atoms with Crippen LogP contribution in [-0.2, 0) is 4.74 Å². The standard InChI is InChI=1S/C17H15NO4/c1-20-14-6-4-13(5-7-14)17(19)22-15-8-2-12(3-9-15)16-18-10-11-21-16/h2-9H,10-11H2,1H3. The molecule has 5 heteroatoms. The van der Waals surface area contributed by atoms with Crippen molar-refractivity contribution < 1.29 is 19.0 Å². The van der Waals surface area contributed by atoms with E-state index in [1.807, 2.05) is 12.1 Å². The number of carbonyl (C=O) groups excluding carboxylic acids is 1. The smallest absolute Gasteiger partial charge is 0.343 e. The molecule has 0 N–H and O–H groups in total. The highest BCUT2D eigenvalue weighted by atomic mass is 16.5. The molecule has 0 saturated heterocycles. The average molecular weight is 297 g/mol. The van der Waals surface area contributed by atoms with Crippen molar-refractivity contribution in [3.8, 4) is 11.5 Å². The van der Waals surface area contributed by atoms with E-state index in [0.29, 0.717) is 36.1 Å². The minimum absolute atomic E-state index is 0.412. The fourth-order valence-corrected chi connectivity index (χ4v) is 2.07. The maximum Gasteiger partial charge on any atom is 0.343 e. The number of benzene rings is 2. The van der Waals surface area contributed by atoms with Gasteiger partial charge in [0.05, 0.1) is 19.2 Å². The normalized spacial score (nSPS) is 13.2. The van der Waals surface area contributed by atoms with Crippen molar-refractivity contribution in [3.63, 3.8) is 0 Å². The maximum absolute atomic E-state index is 12.0. The Hall–Kier alpha value is -2.82. The van der Waals surface area contributed by atoms with E-state index >= 15 is 0 Å². The molecule has 1 aliphatic rings. The van der Waals surface area contributed by atoms with Gasteiger partial charge in [-0.2, -0.15) is 0 Å². The van der Waals surface area contributed by atoms with Crippen LogP contribution in [0.5, 0.6) is 11.5 Å². The van der Waals surface area contributed by atoms with E-state index in [4.69, 9.17) is 14.2 Å². The number of ether oxygens (including phenoxy) is 3. The van der Waals surface area contributed by atoms with E-state index in [0.717, 1.165) is 5.56 Å². The Labute approximate surface area is 128 Å². The highest BCUT2D eigenvalue weighted by Gasteiger charge is 2.12. The lowest BCUT2D eigenvalue weighted by atomic mass is 10.2. The van der Waals surface area contributed by atoms with Crippen molar-refractivity contribution in [2.24, 2.45) is 4.99 Å². The molecule has 0 amide bonds. The Morgan fingerprint density at radius 2 is 1.73 bits per heavy atom. The largest absolute Gasteiger partial charge is 0.497 e. The summed E-state index contributed by atoms with van der Waals surface area (Å²) in [4.78, 5) is 16.3. The molecular formula is C17H15NO4. The molecule has 22 heavy (non-hydrogen) atoms. The summed E-state index contributed by atoms with van der Waals surface area (Å²) in [5.41, 5.74) is 1.34. The minimum Gasteiger partial charge on any atom is -0.497 e. The molecule has 0 radical (unpaired) electrons. The van der Waals surface area contributed by atoms with E-state index in [-0.39, 0.29) is 0 Å². The summed E-state index contributed by atoms with van der Waals surface area (Å²) in [5.74, 6) is 1.39. The molecule has 1 aliphatic heterocycles. The lowest BCUT2D eigenvalue weighted by molar-refractivity contribution is 0.0734. The first-order valence-electron chi connectivity index (χ1n) is 6.90. The van der Waals surface area contributed by atoms with Crippen LogP contribution in [0.3, 0.4) is 0 Å². The first kappa shape index (κ1) is 14.1. The Bertz CT molecular complexity index is 690. The zero-order valence-corrected chi connectivity index (χ0v) is 12.1. The van der Waals surface area contributed by atoms with Gasteiger partial charge in [-0.25, -0.2) is 9.79 Å². The molecule has 2 aromatic rings. The third kappa shape index (κ3) is 3.09. The van der Waals surface area contributed by atoms with Crippen molar-refractivity contribution in [1.29, 1.82) is 0 Å². The first-order valence-corrected chi connectivity index (χ1v) is 6.90. The molecule has 0 bridgehead atoms. The van der Waals surface area contributed by atoms with Crippen molar-refractivity contribution in [2.45, 2.75) is 0 Å². The number of aliphatic imine (C=N–C) groups is 1. The van der Waals surface area contributed by atoms with E-state index in [2.05, 4.69) is 4.99 Å². The molecule has 0 fully saturated rings. The number of hydrogen-bond donors (Lipinski definition) is 0. The number of hydrogen-bond acceptors (Lipinski definition) is 5. The Kier molecular flexibility index (Phi) is 4.05. The summed E-state index contributed by atoms with van der Waals surface area (Å²) >= 11 is 0. The summed E-state index contributed by atoms with van der Waals surface area (Å²) in [6.07, 6.45) is 0. The monoisotopic (exact) mass is 297 g/mol. The number of methoxy groups -OCH3 is 1. The fourth-order valence-electron chi connectivity index (χ4n) is 2.07. The van der Waals surface area contributed by atoms with Gasteiger partial charge in [0.15, 0.2) is 0 Å². The number of rotatable bonds is 4. The molecule has 0 saturated carbocycles. The second-order valence-corrected chi connectivity index (χ2v) is 4.68. The third-order valence-corrected chi connectivity index (χ3v) is 3.22. The van der Waals surface area contributed by atoms with E-state index in [1.165, 1.54) is 0 Å². The van der Waals surface area contributed by atoms with Crippen LogP contribution >= 0.6 is 0 Å². The van der Waals surface area contributed by atoms with Gasteiger partial charge >= 0.3 is 5.97 Å². The van der Waals surface area contributed by atoms with Gasteiger partial charge in [-0.05, 0) is 48.5 Å². The highest BCUT2D eigenvalue weighted by molar-refractivity contribution is 5.95. The van der Waals surface area contributed by atoms with E-state index in [9.17, 15) is 4.79 Å². The van der Waals surface area contributed by atoms with Crippen molar-refractivity contribution in [2.75, 3.05) is 20.3 Å². The second-order valence-electron chi connectivity index (χ2n) is 4.68. The SMILES string of the molecule is COc1ccc(C(=O)Oc2ccc(C3=NCCO3)cc2)cc1. The highest BCUT2D eigenvalue weighted by Crippen LogP contribution is 2.17. The summed E-state index contributed by atoms with van der Waals surface area (Å²) < 4.78 is 15.8. The molecule has 0 aromatic heterocycles. The lowest BCUT2D eigenvalue weighted by Crippen LogP contribution is -2.08. The predicted octanol–water partition coefficient (Wildman–Crippen LogP) is 2.69. The number of carbonyl (C=O) groups is 1. The molecule has 112 valence electrons. The number of esters is 1. The van der Waals surface area contributed by atoms with Crippen LogP contribution in [-0.4, -0.2) is 32.1 Å². The fraction of sp³-hybridized carbons (Fsp3) is 0.176. The van der Waals surface area contributed by atoms with Gasteiger partial charge in [0, 0.05) is 5.56 Å². The van der Waals surface area contributed by atoms with E-state index < -0.39 is 5.97 Å². The van der Waals surface area contributed by atoms with Gasteiger partial charge in [-0.15, -0.1) is 0 Å². The lowest BCUT2D eigenvalue weighted by Gasteiger charge is -2.06. The van der Waals surface area contributed by atoms with Crippen molar-refractivity contribution >= 4 is 11.9 Å². The Balaban J connectivity index is 1.68. The molecule has 1 heterocycles. The zero-order chi connectivity index (χ0) is 15.4. The molecule has 3 rings (SSSR count). The van der Waals surface area contributed by atoms with Crippen LogP contribution in [0.25, 0.3) is 0 Å². The van der Waals surface area contributed by atoms with Crippen LogP contribution in [0.4, 0.5) is 0 Å². The quantitative estimate of drug-likeness (QED) is 0.643.